The summed E-state index contributed by atoms with van der Waals surface area (Å²) in [6.07, 6.45) is -2.21. The molecule has 1 aromatic rings. The minimum Gasteiger partial charge on any atom is -0.483 e. The molecule has 0 heterocycles. The molecule has 1 amide bonds. The van der Waals surface area contributed by atoms with Gasteiger partial charge in [0.05, 0.1) is 5.56 Å². The number of ether oxygens (including phenoxy) is 1. The Labute approximate surface area is 133 Å². The van der Waals surface area contributed by atoms with Crippen molar-refractivity contribution < 1.29 is 22.7 Å². The highest BCUT2D eigenvalue weighted by atomic mass is 19.4. The second-order valence-electron chi connectivity index (χ2n) is 5.37. The second kappa shape index (κ2) is 8.42. The second-order valence-corrected chi connectivity index (χ2v) is 5.37. The molecule has 0 aliphatic rings. The van der Waals surface area contributed by atoms with E-state index in [1.165, 1.54) is 18.2 Å². The largest absolute Gasteiger partial charge is 0.483 e. The fraction of sp³-hybridized carbons (Fsp3) is 0.500. The zero-order chi connectivity index (χ0) is 17.5. The molecule has 4 nitrogen and oxygen atoms in total. The maximum Gasteiger partial charge on any atom is 0.422 e. The molecule has 1 aromatic carbocycles. The smallest absolute Gasteiger partial charge is 0.422 e. The normalized spacial score (nSPS) is 12.3. The van der Waals surface area contributed by atoms with E-state index < -0.39 is 12.8 Å². The molecule has 23 heavy (non-hydrogen) atoms. The summed E-state index contributed by atoms with van der Waals surface area (Å²) in [5.74, 6) is -0.120. The predicted octanol–water partition coefficient (Wildman–Crippen LogP) is 4.26. The van der Waals surface area contributed by atoms with Crippen molar-refractivity contribution in [1.29, 1.82) is 5.26 Å². The van der Waals surface area contributed by atoms with Crippen LogP contribution in [0.25, 0.3) is 0 Å². The highest BCUT2D eigenvalue weighted by molar-refractivity contribution is 5.91. The molecule has 0 spiro atoms. The highest BCUT2D eigenvalue weighted by Gasteiger charge is 2.28. The summed E-state index contributed by atoms with van der Waals surface area (Å²) in [5, 5.41) is 11.6. The predicted molar refractivity (Wildman–Crippen MR) is 80.0 cm³/mol. The van der Waals surface area contributed by atoms with Crippen LogP contribution in [0, 0.1) is 17.2 Å². The molecule has 126 valence electrons. The lowest BCUT2D eigenvalue weighted by Gasteiger charge is -2.13. The van der Waals surface area contributed by atoms with Gasteiger partial charge in [-0.25, -0.2) is 0 Å². The average Bonchev–Trinajstić information content (AvgIpc) is 2.44. The Morgan fingerprint density at radius 2 is 2.13 bits per heavy atom. The molecule has 1 N–H and O–H groups in total. The number of carbonyl (C=O) groups excluding carboxylic acids is 1. The topological polar surface area (TPSA) is 62.1 Å². The molecule has 0 aliphatic carbocycles. The maximum atomic E-state index is 12.1. The Morgan fingerprint density at radius 1 is 1.43 bits per heavy atom. The number of nitriles is 1. The number of anilines is 1. The van der Waals surface area contributed by atoms with E-state index in [0.29, 0.717) is 12.1 Å². The molecule has 0 aromatic heterocycles. The molecule has 1 unspecified atom stereocenters. The van der Waals surface area contributed by atoms with Gasteiger partial charge in [-0.3, -0.25) is 4.79 Å². The lowest BCUT2D eigenvalue weighted by molar-refractivity contribution is -0.153. The van der Waals surface area contributed by atoms with Crippen molar-refractivity contribution in [3.05, 3.63) is 23.8 Å². The molecule has 1 atom stereocenters. The minimum absolute atomic E-state index is 0.0614. The number of benzene rings is 1. The van der Waals surface area contributed by atoms with Crippen molar-refractivity contribution in [2.45, 2.75) is 39.3 Å². The van der Waals surface area contributed by atoms with Crippen LogP contribution >= 0.6 is 0 Å². The van der Waals surface area contributed by atoms with Crippen molar-refractivity contribution in [2.24, 2.45) is 5.92 Å². The molecule has 1 rings (SSSR count). The number of nitrogens with one attached hydrogen (secondary N) is 1. The Kier molecular flexibility index (Phi) is 6.89. The van der Waals surface area contributed by atoms with E-state index in [4.69, 9.17) is 5.26 Å². The van der Waals surface area contributed by atoms with Crippen LogP contribution in [0.1, 0.15) is 38.7 Å². The molecular formula is C16H19F3N2O2. The van der Waals surface area contributed by atoms with Crippen LogP contribution in [0.2, 0.25) is 0 Å². The molecule has 0 fully saturated rings. The minimum atomic E-state index is -4.48. The average molecular weight is 328 g/mol. The van der Waals surface area contributed by atoms with Gasteiger partial charge >= 0.3 is 6.18 Å². The number of hydrogen-bond donors (Lipinski definition) is 1. The van der Waals surface area contributed by atoms with Crippen LogP contribution in [-0.4, -0.2) is 18.7 Å². The number of nitrogens with zero attached hydrogens (tertiary/aromatic N) is 1. The maximum absolute atomic E-state index is 12.1. The lowest BCUT2D eigenvalue weighted by Crippen LogP contribution is -2.19. The summed E-state index contributed by atoms with van der Waals surface area (Å²) in [7, 11) is 0. The number of amides is 1. The SMILES string of the molecule is CCCC(C)CC(=O)Nc1ccc(OCC(F)(F)F)c(C#N)c1. The first-order valence-electron chi connectivity index (χ1n) is 7.28. The third-order valence-electron chi connectivity index (χ3n) is 3.09. The monoisotopic (exact) mass is 328 g/mol. The van der Waals surface area contributed by atoms with Gasteiger partial charge in [-0.1, -0.05) is 26.7 Å². The summed E-state index contributed by atoms with van der Waals surface area (Å²) in [4.78, 5) is 11.9. The van der Waals surface area contributed by atoms with Crippen LogP contribution in [0.5, 0.6) is 5.75 Å². The summed E-state index contributed by atoms with van der Waals surface area (Å²) < 4.78 is 41.0. The van der Waals surface area contributed by atoms with Crippen molar-refractivity contribution in [1.82, 2.24) is 0 Å². The van der Waals surface area contributed by atoms with Crippen molar-refractivity contribution in [3.63, 3.8) is 0 Å². The van der Waals surface area contributed by atoms with E-state index in [-0.39, 0.29) is 23.1 Å². The fourth-order valence-electron chi connectivity index (χ4n) is 2.10. The van der Waals surface area contributed by atoms with Gasteiger partial charge in [0.2, 0.25) is 5.91 Å². The van der Waals surface area contributed by atoms with E-state index in [0.717, 1.165) is 12.8 Å². The Balaban J connectivity index is 2.72. The van der Waals surface area contributed by atoms with Gasteiger partial charge in [0.1, 0.15) is 11.8 Å². The first-order valence-corrected chi connectivity index (χ1v) is 7.28. The fourth-order valence-corrected chi connectivity index (χ4v) is 2.10. The van der Waals surface area contributed by atoms with Gasteiger partial charge in [0.15, 0.2) is 6.61 Å². The van der Waals surface area contributed by atoms with Gasteiger partial charge in [-0.2, -0.15) is 18.4 Å². The molecule has 0 saturated carbocycles. The van der Waals surface area contributed by atoms with E-state index in [1.54, 1.807) is 6.07 Å². The van der Waals surface area contributed by atoms with Gasteiger partial charge in [0.25, 0.3) is 0 Å². The highest BCUT2D eigenvalue weighted by Crippen LogP contribution is 2.25. The van der Waals surface area contributed by atoms with Gasteiger partial charge in [-0.15, -0.1) is 0 Å². The first kappa shape index (κ1) is 18.8. The van der Waals surface area contributed by atoms with Gasteiger partial charge in [0, 0.05) is 12.1 Å². The molecule has 0 bridgehead atoms. The quantitative estimate of drug-likeness (QED) is 0.813. The Morgan fingerprint density at radius 3 is 2.70 bits per heavy atom. The molecule has 0 radical (unpaired) electrons. The molecule has 7 heteroatoms. The zero-order valence-corrected chi connectivity index (χ0v) is 13.0. The molecule has 0 aliphatic heterocycles. The van der Waals surface area contributed by atoms with Crippen LogP contribution in [0.3, 0.4) is 0 Å². The third-order valence-corrected chi connectivity index (χ3v) is 3.09. The van der Waals surface area contributed by atoms with E-state index in [2.05, 4.69) is 10.1 Å². The van der Waals surface area contributed by atoms with Crippen molar-refractivity contribution in [2.75, 3.05) is 11.9 Å². The van der Waals surface area contributed by atoms with Gasteiger partial charge in [-0.05, 0) is 24.1 Å². The van der Waals surface area contributed by atoms with Crippen LogP contribution < -0.4 is 10.1 Å². The summed E-state index contributed by atoms with van der Waals surface area (Å²) in [6.45, 7) is 2.53. The van der Waals surface area contributed by atoms with Gasteiger partial charge < -0.3 is 10.1 Å². The number of hydrogen-bond acceptors (Lipinski definition) is 3. The van der Waals surface area contributed by atoms with E-state index in [9.17, 15) is 18.0 Å². The van der Waals surface area contributed by atoms with Crippen LogP contribution in [0.15, 0.2) is 18.2 Å². The summed E-state index contributed by atoms with van der Waals surface area (Å²) >= 11 is 0. The standard InChI is InChI=1S/C16H19F3N2O2/c1-3-4-11(2)7-15(22)21-13-5-6-14(12(8-13)9-20)23-10-16(17,18)19/h5-6,8,11H,3-4,7,10H2,1-2H3,(H,21,22). The Hall–Kier alpha value is -2.23. The third kappa shape index (κ3) is 7.04. The number of alkyl halides is 3. The zero-order valence-electron chi connectivity index (χ0n) is 13.0. The summed E-state index contributed by atoms with van der Waals surface area (Å²) in [5.41, 5.74) is 0.295. The molecular weight excluding hydrogens is 309 g/mol. The number of rotatable bonds is 7. The number of carbonyl (C=O) groups is 1. The number of halogens is 3. The van der Waals surface area contributed by atoms with Crippen molar-refractivity contribution >= 4 is 11.6 Å². The molecule has 0 saturated heterocycles. The van der Waals surface area contributed by atoms with E-state index in [1.807, 2.05) is 13.8 Å². The van der Waals surface area contributed by atoms with Crippen LogP contribution in [0.4, 0.5) is 18.9 Å². The summed E-state index contributed by atoms with van der Waals surface area (Å²) in [6, 6.07) is 5.72. The van der Waals surface area contributed by atoms with E-state index >= 15 is 0 Å². The first-order chi connectivity index (χ1) is 10.7. The van der Waals surface area contributed by atoms with Crippen LogP contribution in [-0.2, 0) is 4.79 Å². The lowest BCUT2D eigenvalue weighted by atomic mass is 10.0. The van der Waals surface area contributed by atoms with Crippen molar-refractivity contribution in [3.8, 4) is 11.8 Å². The Bertz CT molecular complexity index is 580.